The average Bonchev–Trinajstić information content (AvgIpc) is 2.27. The zero-order chi connectivity index (χ0) is 12.5. The van der Waals surface area contributed by atoms with E-state index in [9.17, 15) is 10.1 Å². The van der Waals surface area contributed by atoms with Crippen molar-refractivity contribution < 1.29 is 4.92 Å². The molecule has 0 unspecified atom stereocenters. The average molecular weight is 234 g/mol. The zero-order valence-corrected chi connectivity index (χ0v) is 10.1. The van der Waals surface area contributed by atoms with Crippen LogP contribution in [0.1, 0.15) is 38.2 Å². The van der Waals surface area contributed by atoms with Crippen molar-refractivity contribution in [2.75, 3.05) is 0 Å². The van der Waals surface area contributed by atoms with Crippen LogP contribution in [0, 0.1) is 16.0 Å². The van der Waals surface area contributed by atoms with E-state index in [-0.39, 0.29) is 16.1 Å². The van der Waals surface area contributed by atoms with Crippen molar-refractivity contribution >= 4 is 5.69 Å². The van der Waals surface area contributed by atoms with Crippen molar-refractivity contribution in [2.24, 2.45) is 11.7 Å². The van der Waals surface area contributed by atoms with Crippen molar-refractivity contribution in [1.82, 2.24) is 0 Å². The third-order valence-corrected chi connectivity index (χ3v) is 3.66. The number of nitro benzene ring substituents is 1. The van der Waals surface area contributed by atoms with Gasteiger partial charge in [0.1, 0.15) is 0 Å². The summed E-state index contributed by atoms with van der Waals surface area (Å²) in [6.45, 7) is 2.18. The molecule has 1 aromatic carbocycles. The lowest BCUT2D eigenvalue weighted by molar-refractivity contribution is -0.384. The lowest BCUT2D eigenvalue weighted by atomic mass is 9.64. The molecule has 0 amide bonds. The van der Waals surface area contributed by atoms with Gasteiger partial charge < -0.3 is 5.73 Å². The fraction of sp³-hybridized carbons (Fsp3) is 0.538. The van der Waals surface area contributed by atoms with Crippen LogP contribution in [-0.4, -0.2) is 4.92 Å². The third-order valence-electron chi connectivity index (χ3n) is 3.66. The summed E-state index contributed by atoms with van der Waals surface area (Å²) >= 11 is 0. The number of nitrogens with two attached hydrogens (primary N) is 1. The number of rotatable bonds is 4. The van der Waals surface area contributed by atoms with E-state index in [4.69, 9.17) is 5.73 Å². The molecule has 1 saturated carbocycles. The van der Waals surface area contributed by atoms with E-state index < -0.39 is 0 Å². The molecule has 2 N–H and O–H groups in total. The van der Waals surface area contributed by atoms with Crippen molar-refractivity contribution in [1.29, 1.82) is 0 Å². The van der Waals surface area contributed by atoms with E-state index in [1.54, 1.807) is 12.1 Å². The Morgan fingerprint density at radius 2 is 2.00 bits per heavy atom. The smallest absolute Gasteiger partial charge is 0.269 e. The molecule has 1 aliphatic rings. The summed E-state index contributed by atoms with van der Waals surface area (Å²) in [6.07, 6.45) is 4.42. The molecule has 0 bridgehead atoms. The van der Waals surface area contributed by atoms with Crippen LogP contribution in [0.15, 0.2) is 24.3 Å². The molecule has 0 heterocycles. The van der Waals surface area contributed by atoms with E-state index in [2.05, 4.69) is 6.92 Å². The van der Waals surface area contributed by atoms with Gasteiger partial charge in [0.25, 0.3) is 5.69 Å². The molecule has 0 aromatic heterocycles. The Balaban J connectivity index is 2.06. The summed E-state index contributed by atoms with van der Waals surface area (Å²) < 4.78 is 0. The Kier molecular flexibility index (Phi) is 3.15. The third kappa shape index (κ3) is 2.31. The molecule has 1 fully saturated rings. The van der Waals surface area contributed by atoms with Crippen LogP contribution in [-0.2, 0) is 5.54 Å². The van der Waals surface area contributed by atoms with Gasteiger partial charge in [-0.2, -0.15) is 0 Å². The molecule has 92 valence electrons. The molecule has 0 saturated heterocycles. The molecule has 4 heteroatoms. The molecule has 17 heavy (non-hydrogen) atoms. The first kappa shape index (κ1) is 12.0. The minimum atomic E-state index is -0.381. The van der Waals surface area contributed by atoms with Crippen molar-refractivity contribution in [3.8, 4) is 0 Å². The van der Waals surface area contributed by atoms with Crippen LogP contribution in [0.2, 0.25) is 0 Å². The lowest BCUT2D eigenvalue weighted by Crippen LogP contribution is -2.48. The highest BCUT2D eigenvalue weighted by Crippen LogP contribution is 2.45. The Labute approximate surface area is 101 Å². The highest BCUT2D eigenvalue weighted by Gasteiger charge is 2.41. The first-order chi connectivity index (χ1) is 8.05. The Bertz CT molecular complexity index is 408. The van der Waals surface area contributed by atoms with Gasteiger partial charge in [-0.3, -0.25) is 10.1 Å². The highest BCUT2D eigenvalue weighted by molar-refractivity contribution is 5.37. The van der Waals surface area contributed by atoms with Gasteiger partial charge in [-0.05, 0) is 24.3 Å². The van der Waals surface area contributed by atoms with E-state index in [0.29, 0.717) is 0 Å². The number of nitro groups is 1. The molecule has 2 rings (SSSR count). The van der Waals surface area contributed by atoms with Gasteiger partial charge in [-0.25, -0.2) is 0 Å². The SMILES string of the molecule is CCCC1CC(N)(c2ccc([N+](=O)[O-])cc2)C1. The fourth-order valence-corrected chi connectivity index (χ4v) is 2.73. The summed E-state index contributed by atoms with van der Waals surface area (Å²) in [5, 5.41) is 10.6. The molecular formula is C13H18N2O2. The van der Waals surface area contributed by atoms with Gasteiger partial charge in [-0.15, -0.1) is 0 Å². The Morgan fingerprint density at radius 1 is 1.41 bits per heavy atom. The van der Waals surface area contributed by atoms with Crippen LogP contribution >= 0.6 is 0 Å². The summed E-state index contributed by atoms with van der Waals surface area (Å²) in [7, 11) is 0. The number of non-ortho nitro benzene ring substituents is 1. The summed E-state index contributed by atoms with van der Waals surface area (Å²) in [4.78, 5) is 10.2. The van der Waals surface area contributed by atoms with Crippen molar-refractivity contribution in [3.63, 3.8) is 0 Å². The fourth-order valence-electron chi connectivity index (χ4n) is 2.73. The second-order valence-electron chi connectivity index (χ2n) is 5.02. The summed E-state index contributed by atoms with van der Waals surface area (Å²) in [5.41, 5.74) is 7.20. The zero-order valence-electron chi connectivity index (χ0n) is 10.1. The molecule has 4 nitrogen and oxygen atoms in total. The van der Waals surface area contributed by atoms with Gasteiger partial charge in [-0.1, -0.05) is 31.9 Å². The molecule has 1 aliphatic carbocycles. The minimum Gasteiger partial charge on any atom is -0.321 e. The van der Waals surface area contributed by atoms with Gasteiger partial charge in [0.05, 0.1) is 4.92 Å². The number of benzene rings is 1. The maximum atomic E-state index is 10.6. The number of hydrogen-bond acceptors (Lipinski definition) is 3. The van der Waals surface area contributed by atoms with Gasteiger partial charge in [0.2, 0.25) is 0 Å². The molecular weight excluding hydrogens is 216 g/mol. The minimum absolute atomic E-state index is 0.127. The molecule has 0 radical (unpaired) electrons. The largest absolute Gasteiger partial charge is 0.321 e. The molecule has 0 aliphatic heterocycles. The topological polar surface area (TPSA) is 69.2 Å². The maximum Gasteiger partial charge on any atom is 0.269 e. The van der Waals surface area contributed by atoms with Crippen LogP contribution in [0.5, 0.6) is 0 Å². The standard InChI is InChI=1S/C13H18N2O2/c1-2-3-10-8-13(14,9-10)11-4-6-12(7-5-11)15(16)17/h4-7,10H,2-3,8-9,14H2,1H3. The predicted octanol–water partition coefficient (Wildman–Crippen LogP) is 2.96. The van der Waals surface area contributed by atoms with Crippen molar-refractivity contribution in [2.45, 2.75) is 38.1 Å². The molecule has 0 spiro atoms. The van der Waals surface area contributed by atoms with Crippen molar-refractivity contribution in [3.05, 3.63) is 39.9 Å². The normalized spacial score (nSPS) is 27.5. The summed E-state index contributed by atoms with van der Waals surface area (Å²) in [5.74, 6) is 0.722. The van der Waals surface area contributed by atoms with E-state index in [1.807, 2.05) is 0 Å². The van der Waals surface area contributed by atoms with Crippen LogP contribution in [0.25, 0.3) is 0 Å². The van der Waals surface area contributed by atoms with E-state index in [0.717, 1.165) is 24.3 Å². The number of hydrogen-bond donors (Lipinski definition) is 1. The van der Waals surface area contributed by atoms with Gasteiger partial charge in [0.15, 0.2) is 0 Å². The first-order valence-electron chi connectivity index (χ1n) is 6.09. The van der Waals surface area contributed by atoms with Crippen LogP contribution in [0.3, 0.4) is 0 Å². The predicted molar refractivity (Wildman–Crippen MR) is 66.6 cm³/mol. The Hall–Kier alpha value is -1.42. The van der Waals surface area contributed by atoms with E-state index in [1.165, 1.54) is 25.0 Å². The number of nitrogens with zero attached hydrogens (tertiary/aromatic N) is 1. The first-order valence-corrected chi connectivity index (χ1v) is 6.09. The highest BCUT2D eigenvalue weighted by atomic mass is 16.6. The second kappa shape index (κ2) is 4.45. The monoisotopic (exact) mass is 234 g/mol. The van der Waals surface area contributed by atoms with Crippen LogP contribution < -0.4 is 5.73 Å². The summed E-state index contributed by atoms with van der Waals surface area (Å²) in [6, 6.07) is 6.66. The van der Waals surface area contributed by atoms with Crippen LogP contribution in [0.4, 0.5) is 5.69 Å². The quantitative estimate of drug-likeness (QED) is 0.643. The Morgan fingerprint density at radius 3 is 2.47 bits per heavy atom. The second-order valence-corrected chi connectivity index (χ2v) is 5.02. The maximum absolute atomic E-state index is 10.6. The van der Waals surface area contributed by atoms with Gasteiger partial charge in [0, 0.05) is 17.7 Å². The molecule has 1 aromatic rings. The lowest BCUT2D eigenvalue weighted by Gasteiger charge is -2.45. The molecule has 0 atom stereocenters. The van der Waals surface area contributed by atoms with E-state index >= 15 is 0 Å². The van der Waals surface area contributed by atoms with Gasteiger partial charge >= 0.3 is 0 Å².